The van der Waals surface area contributed by atoms with E-state index in [9.17, 15) is 9.59 Å². The topological polar surface area (TPSA) is 79.3 Å². The highest BCUT2D eigenvalue weighted by molar-refractivity contribution is 7.09. The van der Waals surface area contributed by atoms with Gasteiger partial charge in [-0.15, -0.1) is 11.3 Å². The van der Waals surface area contributed by atoms with Crippen molar-refractivity contribution >= 4 is 23.2 Å². The monoisotopic (exact) mass is 268 g/mol. The molecule has 0 spiro atoms. The van der Waals surface area contributed by atoms with Gasteiger partial charge in [0.05, 0.1) is 6.04 Å². The third-order valence-electron chi connectivity index (χ3n) is 2.33. The number of thiazole rings is 1. The van der Waals surface area contributed by atoms with Gasteiger partial charge < -0.3 is 10.4 Å². The number of nitrogens with one attached hydrogen (secondary N) is 1. The highest BCUT2D eigenvalue weighted by atomic mass is 32.1. The summed E-state index contributed by atoms with van der Waals surface area (Å²) >= 11 is 1.23. The van der Waals surface area contributed by atoms with Gasteiger partial charge in [-0.1, -0.05) is 13.0 Å². The van der Waals surface area contributed by atoms with Gasteiger partial charge in [0.15, 0.2) is 5.69 Å². The van der Waals surface area contributed by atoms with E-state index in [0.29, 0.717) is 10.6 Å². The third-order valence-corrected chi connectivity index (χ3v) is 3.36. The van der Waals surface area contributed by atoms with Crippen LogP contribution in [0, 0.1) is 0 Å². The van der Waals surface area contributed by atoms with Crippen LogP contribution in [0.15, 0.2) is 17.0 Å². The molecule has 18 heavy (non-hydrogen) atoms. The fourth-order valence-corrected chi connectivity index (χ4v) is 2.16. The van der Waals surface area contributed by atoms with Crippen LogP contribution in [0.1, 0.15) is 48.7 Å². The van der Waals surface area contributed by atoms with Gasteiger partial charge >= 0.3 is 5.97 Å². The highest BCUT2D eigenvalue weighted by Crippen LogP contribution is 2.18. The molecule has 1 atom stereocenters. The van der Waals surface area contributed by atoms with Crippen molar-refractivity contribution in [3.63, 3.8) is 0 Å². The van der Waals surface area contributed by atoms with E-state index >= 15 is 0 Å². The van der Waals surface area contributed by atoms with Crippen LogP contribution in [0.5, 0.6) is 0 Å². The number of aromatic carboxylic acids is 1. The van der Waals surface area contributed by atoms with Crippen molar-refractivity contribution in [2.75, 3.05) is 0 Å². The number of rotatable bonds is 5. The molecule has 1 unspecified atom stereocenters. The molecule has 0 aliphatic carbocycles. The molecule has 0 fully saturated rings. The second-order valence-electron chi connectivity index (χ2n) is 3.87. The minimum absolute atomic E-state index is 0.0110. The molecule has 0 bridgehead atoms. The minimum Gasteiger partial charge on any atom is -0.476 e. The number of amides is 1. The number of hydrogen-bond acceptors (Lipinski definition) is 4. The van der Waals surface area contributed by atoms with E-state index in [-0.39, 0.29) is 17.6 Å². The predicted octanol–water partition coefficient (Wildman–Crippen LogP) is 2.37. The molecule has 1 heterocycles. The molecule has 0 saturated carbocycles. The quantitative estimate of drug-likeness (QED) is 0.803. The molecular formula is C12H16N2O3S. The van der Waals surface area contributed by atoms with Crippen molar-refractivity contribution in [2.45, 2.75) is 33.2 Å². The average molecular weight is 268 g/mol. The standard InChI is InChI=1S/C12H16N2O3S/c1-4-5-7(2)10(15)13-8(3)11-14-9(6-18-11)12(16)17/h5-6,8H,4H2,1-3H3,(H,13,15)(H,16,17)/b7-5+. The number of hydrogen-bond donors (Lipinski definition) is 2. The highest BCUT2D eigenvalue weighted by Gasteiger charge is 2.16. The molecule has 1 aromatic heterocycles. The number of carbonyl (C=O) groups excluding carboxylic acids is 1. The Kier molecular flexibility index (Phi) is 5.03. The molecule has 0 aliphatic rings. The number of carboxylic acid groups (broad SMARTS) is 1. The number of carbonyl (C=O) groups is 2. The third kappa shape index (κ3) is 3.66. The maximum Gasteiger partial charge on any atom is 0.355 e. The average Bonchev–Trinajstić information content (AvgIpc) is 2.78. The maximum absolute atomic E-state index is 11.7. The molecule has 1 rings (SSSR count). The Balaban J connectivity index is 2.70. The van der Waals surface area contributed by atoms with Crippen molar-refractivity contribution in [1.29, 1.82) is 0 Å². The summed E-state index contributed by atoms with van der Waals surface area (Å²) in [6.07, 6.45) is 2.64. The molecule has 0 aliphatic heterocycles. The minimum atomic E-state index is -1.06. The van der Waals surface area contributed by atoms with Crippen molar-refractivity contribution in [3.8, 4) is 0 Å². The SMILES string of the molecule is CC/C=C(\C)C(=O)NC(C)c1nc(C(=O)O)cs1. The summed E-state index contributed by atoms with van der Waals surface area (Å²) in [6.45, 7) is 5.48. The van der Waals surface area contributed by atoms with Crippen LogP contribution < -0.4 is 5.32 Å². The van der Waals surface area contributed by atoms with Crippen LogP contribution >= 0.6 is 11.3 Å². The van der Waals surface area contributed by atoms with Gasteiger partial charge in [-0.05, 0) is 20.3 Å². The van der Waals surface area contributed by atoms with Crippen LogP contribution in [-0.2, 0) is 4.79 Å². The van der Waals surface area contributed by atoms with E-state index < -0.39 is 5.97 Å². The first-order chi connectivity index (χ1) is 8.45. The zero-order valence-corrected chi connectivity index (χ0v) is 11.4. The Morgan fingerprint density at radius 1 is 1.61 bits per heavy atom. The molecule has 2 N–H and O–H groups in total. The van der Waals surface area contributed by atoms with Gasteiger partial charge in [0.25, 0.3) is 0 Å². The zero-order valence-electron chi connectivity index (χ0n) is 10.6. The van der Waals surface area contributed by atoms with E-state index in [4.69, 9.17) is 5.11 Å². The van der Waals surface area contributed by atoms with Crippen LogP contribution in [-0.4, -0.2) is 22.0 Å². The lowest BCUT2D eigenvalue weighted by Gasteiger charge is -2.11. The molecular weight excluding hydrogens is 252 g/mol. The number of aromatic nitrogens is 1. The summed E-state index contributed by atoms with van der Waals surface area (Å²) in [5.74, 6) is -1.21. The molecule has 1 amide bonds. The van der Waals surface area contributed by atoms with Gasteiger partial charge in [0.1, 0.15) is 5.01 Å². The summed E-state index contributed by atoms with van der Waals surface area (Å²) in [5, 5.41) is 13.6. The maximum atomic E-state index is 11.7. The largest absolute Gasteiger partial charge is 0.476 e. The van der Waals surface area contributed by atoms with E-state index in [1.165, 1.54) is 16.7 Å². The fourth-order valence-electron chi connectivity index (χ4n) is 1.36. The Hall–Kier alpha value is -1.69. The van der Waals surface area contributed by atoms with Crippen LogP contribution in [0.25, 0.3) is 0 Å². The Labute approximate surface area is 110 Å². The van der Waals surface area contributed by atoms with Crippen molar-refractivity contribution in [1.82, 2.24) is 10.3 Å². The van der Waals surface area contributed by atoms with Gasteiger partial charge in [0.2, 0.25) is 5.91 Å². The van der Waals surface area contributed by atoms with Crippen LogP contribution in [0.4, 0.5) is 0 Å². The van der Waals surface area contributed by atoms with E-state index in [0.717, 1.165) is 6.42 Å². The lowest BCUT2D eigenvalue weighted by molar-refractivity contribution is -0.118. The predicted molar refractivity (Wildman–Crippen MR) is 69.7 cm³/mol. The van der Waals surface area contributed by atoms with Gasteiger partial charge in [-0.2, -0.15) is 0 Å². The number of nitrogens with zero attached hydrogens (tertiary/aromatic N) is 1. The van der Waals surface area contributed by atoms with E-state index in [1.54, 1.807) is 13.8 Å². The first-order valence-corrected chi connectivity index (χ1v) is 6.50. The molecule has 0 aromatic carbocycles. The molecule has 6 heteroatoms. The Bertz CT molecular complexity index is 479. The lowest BCUT2D eigenvalue weighted by Crippen LogP contribution is -2.27. The first-order valence-electron chi connectivity index (χ1n) is 5.62. The van der Waals surface area contributed by atoms with E-state index in [1.807, 2.05) is 13.0 Å². The zero-order chi connectivity index (χ0) is 13.7. The summed E-state index contributed by atoms with van der Waals surface area (Å²) < 4.78 is 0. The summed E-state index contributed by atoms with van der Waals surface area (Å²) in [4.78, 5) is 26.4. The van der Waals surface area contributed by atoms with Crippen LogP contribution in [0.2, 0.25) is 0 Å². The second-order valence-corrected chi connectivity index (χ2v) is 4.76. The van der Waals surface area contributed by atoms with Crippen LogP contribution in [0.3, 0.4) is 0 Å². The molecule has 1 aromatic rings. The molecule has 5 nitrogen and oxygen atoms in total. The van der Waals surface area contributed by atoms with Crippen molar-refractivity contribution < 1.29 is 14.7 Å². The first kappa shape index (κ1) is 14.4. The van der Waals surface area contributed by atoms with Crippen molar-refractivity contribution in [2.24, 2.45) is 0 Å². The lowest BCUT2D eigenvalue weighted by atomic mass is 10.2. The Morgan fingerprint density at radius 2 is 2.28 bits per heavy atom. The molecule has 0 radical (unpaired) electrons. The molecule has 98 valence electrons. The van der Waals surface area contributed by atoms with Crippen molar-refractivity contribution in [3.05, 3.63) is 27.7 Å². The van der Waals surface area contributed by atoms with Gasteiger partial charge in [0, 0.05) is 11.0 Å². The number of allylic oxidation sites excluding steroid dienone is 1. The summed E-state index contributed by atoms with van der Waals surface area (Å²) in [7, 11) is 0. The molecule has 0 saturated heterocycles. The smallest absolute Gasteiger partial charge is 0.355 e. The van der Waals surface area contributed by atoms with Gasteiger partial charge in [-0.3, -0.25) is 4.79 Å². The number of carboxylic acids is 1. The Morgan fingerprint density at radius 3 is 2.78 bits per heavy atom. The van der Waals surface area contributed by atoms with Gasteiger partial charge in [-0.25, -0.2) is 9.78 Å². The summed E-state index contributed by atoms with van der Waals surface area (Å²) in [6, 6.07) is -0.296. The normalized spacial score (nSPS) is 13.2. The summed E-state index contributed by atoms with van der Waals surface area (Å²) in [5.41, 5.74) is 0.663. The van der Waals surface area contributed by atoms with E-state index in [2.05, 4.69) is 10.3 Å². The fraction of sp³-hybridized carbons (Fsp3) is 0.417. The second kappa shape index (κ2) is 6.30.